The molecule has 0 saturated carbocycles. The number of nitrogens with zero attached hydrogens (tertiary/aromatic N) is 4. The number of anilines is 2. The summed E-state index contributed by atoms with van der Waals surface area (Å²) in [5.74, 6) is 0.918. The van der Waals surface area contributed by atoms with Crippen LogP contribution in [0.3, 0.4) is 0 Å². The molecular weight excluding hydrogens is 536 g/mol. The number of amides is 1. The highest BCUT2D eigenvalue weighted by molar-refractivity contribution is 5.69. The smallest absolute Gasteiger partial charge is 0.410 e. The van der Waals surface area contributed by atoms with Gasteiger partial charge in [0.2, 0.25) is 0 Å². The molecule has 3 aliphatic heterocycles. The van der Waals surface area contributed by atoms with E-state index in [9.17, 15) is 4.79 Å². The third-order valence-corrected chi connectivity index (χ3v) is 8.33. The van der Waals surface area contributed by atoms with Crippen molar-refractivity contribution >= 4 is 17.6 Å². The van der Waals surface area contributed by atoms with Crippen molar-refractivity contribution in [2.45, 2.75) is 45.4 Å². The van der Waals surface area contributed by atoms with Crippen LogP contribution in [0.25, 0.3) is 0 Å². The van der Waals surface area contributed by atoms with Crippen molar-refractivity contribution < 1.29 is 9.53 Å². The second-order valence-electron chi connectivity index (χ2n) is 11.6. The largest absolute Gasteiger partial charge is 0.445 e. The van der Waals surface area contributed by atoms with Crippen molar-refractivity contribution in [3.63, 3.8) is 0 Å². The van der Waals surface area contributed by atoms with Crippen LogP contribution in [0.4, 0.5) is 16.3 Å². The summed E-state index contributed by atoms with van der Waals surface area (Å²) in [5.41, 5.74) is 6.16. The van der Waals surface area contributed by atoms with Crippen molar-refractivity contribution in [2.75, 3.05) is 58.2 Å². The average Bonchev–Trinajstić information content (AvgIpc) is 3.02. The number of benzene rings is 2. The second kappa shape index (κ2) is 15.7. The van der Waals surface area contributed by atoms with Gasteiger partial charge in [-0.05, 0) is 73.3 Å². The van der Waals surface area contributed by atoms with E-state index in [1.807, 2.05) is 36.5 Å². The lowest BCUT2D eigenvalue weighted by atomic mass is 10.0. The molecule has 8 nitrogen and oxygen atoms in total. The SMILES string of the molecule is CCC=CCc1ccc(Nc2cc3c(cn2)CCNC3)cc1.CN1CCN(C2CN(C(=O)OCc3ccccc3)C2)CC1. The maximum Gasteiger partial charge on any atom is 0.410 e. The maximum atomic E-state index is 12.0. The molecule has 3 aromatic rings. The lowest BCUT2D eigenvalue weighted by molar-refractivity contribution is 0.00286. The van der Waals surface area contributed by atoms with Crippen LogP contribution in [0.1, 0.15) is 35.6 Å². The molecule has 0 spiro atoms. The Hall–Kier alpha value is -3.72. The van der Waals surface area contributed by atoms with Gasteiger partial charge in [-0.3, -0.25) is 4.90 Å². The molecule has 43 heavy (non-hydrogen) atoms. The number of allylic oxidation sites excluding steroid dienone is 2. The first-order chi connectivity index (χ1) is 21.1. The zero-order chi connectivity index (χ0) is 29.9. The van der Waals surface area contributed by atoms with Gasteiger partial charge in [0.15, 0.2) is 0 Å². The Balaban J connectivity index is 0.000000171. The van der Waals surface area contributed by atoms with E-state index in [1.165, 1.54) is 16.7 Å². The Morgan fingerprint density at radius 2 is 1.77 bits per heavy atom. The Labute approximate surface area is 256 Å². The van der Waals surface area contributed by atoms with Gasteiger partial charge in [-0.1, -0.05) is 61.5 Å². The monoisotopic (exact) mass is 582 g/mol. The molecule has 2 fully saturated rings. The summed E-state index contributed by atoms with van der Waals surface area (Å²) in [7, 11) is 2.16. The van der Waals surface area contributed by atoms with Crippen molar-refractivity contribution in [3.05, 3.63) is 101 Å². The number of likely N-dealkylation sites (N-methyl/N-ethyl adjacent to an activating group) is 1. The number of carbonyl (C=O) groups excluding carboxylic acids is 1. The molecule has 8 heteroatoms. The molecule has 1 aromatic heterocycles. The molecule has 0 atom stereocenters. The molecule has 228 valence electrons. The normalized spacial score (nSPS) is 17.5. The van der Waals surface area contributed by atoms with Crippen LogP contribution in [0.2, 0.25) is 0 Å². The number of fused-ring (bicyclic) bond motifs is 1. The molecule has 1 amide bonds. The molecule has 0 aliphatic carbocycles. The summed E-state index contributed by atoms with van der Waals surface area (Å²) in [5, 5.41) is 6.79. The van der Waals surface area contributed by atoms with Crippen LogP contribution in [-0.2, 0) is 30.7 Å². The van der Waals surface area contributed by atoms with Crippen LogP contribution in [0.5, 0.6) is 0 Å². The molecule has 3 aliphatic rings. The van der Waals surface area contributed by atoms with Crippen molar-refractivity contribution in [1.82, 2.24) is 25.0 Å². The van der Waals surface area contributed by atoms with E-state index in [2.05, 4.69) is 81.9 Å². The van der Waals surface area contributed by atoms with Crippen LogP contribution in [-0.4, -0.2) is 84.7 Å². The fraction of sp³-hybridized carbons (Fsp3) is 0.429. The number of nitrogens with one attached hydrogen (secondary N) is 2. The Kier molecular flexibility index (Phi) is 11.2. The van der Waals surface area contributed by atoms with E-state index >= 15 is 0 Å². The summed E-state index contributed by atoms with van der Waals surface area (Å²) >= 11 is 0. The molecule has 6 rings (SSSR count). The average molecular weight is 583 g/mol. The number of hydrogen-bond acceptors (Lipinski definition) is 7. The minimum atomic E-state index is -0.191. The van der Waals surface area contributed by atoms with Crippen molar-refractivity contribution in [2.24, 2.45) is 0 Å². The highest BCUT2D eigenvalue weighted by Crippen LogP contribution is 2.21. The molecule has 2 saturated heterocycles. The van der Waals surface area contributed by atoms with Crippen LogP contribution >= 0.6 is 0 Å². The quantitative estimate of drug-likeness (QED) is 0.352. The first-order valence-corrected chi connectivity index (χ1v) is 15.6. The minimum absolute atomic E-state index is 0.191. The fourth-order valence-corrected chi connectivity index (χ4v) is 5.52. The fourth-order valence-electron chi connectivity index (χ4n) is 5.52. The number of pyridine rings is 1. The number of ether oxygens (including phenoxy) is 1. The number of hydrogen-bond donors (Lipinski definition) is 2. The maximum absolute atomic E-state index is 12.0. The highest BCUT2D eigenvalue weighted by Gasteiger charge is 2.36. The number of carbonyl (C=O) groups is 1. The number of likely N-dealkylation sites (tertiary alicyclic amines) is 1. The molecule has 2 N–H and O–H groups in total. The molecule has 4 heterocycles. The van der Waals surface area contributed by atoms with Gasteiger partial charge < -0.3 is 25.2 Å². The summed E-state index contributed by atoms with van der Waals surface area (Å²) in [6.07, 6.45) is 9.40. The number of rotatable bonds is 8. The summed E-state index contributed by atoms with van der Waals surface area (Å²) in [4.78, 5) is 23.1. The molecule has 0 bridgehead atoms. The van der Waals surface area contributed by atoms with E-state index in [1.54, 1.807) is 4.90 Å². The van der Waals surface area contributed by atoms with Crippen molar-refractivity contribution in [1.29, 1.82) is 0 Å². The zero-order valence-electron chi connectivity index (χ0n) is 25.7. The molecular formula is C35H46N6O2. The summed E-state index contributed by atoms with van der Waals surface area (Å²) in [6, 6.07) is 21.1. The number of piperazine rings is 1. The van der Waals surface area contributed by atoms with E-state index in [4.69, 9.17) is 4.74 Å². The first-order valence-electron chi connectivity index (χ1n) is 15.6. The van der Waals surface area contributed by atoms with Gasteiger partial charge in [0.25, 0.3) is 0 Å². The van der Waals surface area contributed by atoms with E-state index in [0.29, 0.717) is 12.6 Å². The van der Waals surface area contributed by atoms with Gasteiger partial charge in [-0.2, -0.15) is 0 Å². The number of aromatic nitrogens is 1. The third kappa shape index (κ3) is 9.13. The van der Waals surface area contributed by atoms with Crippen LogP contribution in [0.15, 0.2) is 79.0 Å². The molecule has 0 unspecified atom stereocenters. The lowest BCUT2D eigenvalue weighted by Crippen LogP contribution is -2.64. The lowest BCUT2D eigenvalue weighted by Gasteiger charge is -2.47. The van der Waals surface area contributed by atoms with E-state index in [0.717, 1.165) is 88.7 Å². The summed E-state index contributed by atoms with van der Waals surface area (Å²) in [6.45, 7) is 10.6. The second-order valence-corrected chi connectivity index (χ2v) is 11.6. The topological polar surface area (TPSA) is 73.0 Å². The van der Waals surface area contributed by atoms with E-state index in [-0.39, 0.29) is 6.09 Å². The van der Waals surface area contributed by atoms with Gasteiger partial charge in [-0.25, -0.2) is 9.78 Å². The zero-order valence-corrected chi connectivity index (χ0v) is 25.7. The van der Waals surface area contributed by atoms with Crippen LogP contribution < -0.4 is 10.6 Å². The van der Waals surface area contributed by atoms with Crippen LogP contribution in [0, 0.1) is 0 Å². The Morgan fingerprint density at radius 1 is 1.00 bits per heavy atom. The van der Waals surface area contributed by atoms with E-state index < -0.39 is 0 Å². The van der Waals surface area contributed by atoms with Gasteiger partial charge >= 0.3 is 6.09 Å². The standard InChI is InChI=1S/C19H23N3.C16H23N3O2/c1-2-3-4-5-15-6-8-18(9-7-15)22-19-12-17-13-20-11-10-16(17)14-21-19;1-17-7-9-18(10-8-17)15-11-19(12-15)16(20)21-13-14-5-3-2-4-6-14/h3-4,6-9,12,14,20H,2,5,10-11,13H2,1H3,(H,21,22);2-6,15H,7-13H2,1H3. The minimum Gasteiger partial charge on any atom is -0.445 e. The molecule has 0 radical (unpaired) electrons. The first kappa shape index (κ1) is 30.7. The Morgan fingerprint density at radius 3 is 2.51 bits per heavy atom. The van der Waals surface area contributed by atoms with Gasteiger partial charge in [0.05, 0.1) is 0 Å². The predicted octanol–water partition coefficient (Wildman–Crippen LogP) is 5.23. The van der Waals surface area contributed by atoms with Crippen molar-refractivity contribution in [3.8, 4) is 0 Å². The molecule has 2 aromatic carbocycles. The highest BCUT2D eigenvalue weighted by atomic mass is 16.6. The van der Waals surface area contributed by atoms with Gasteiger partial charge in [0.1, 0.15) is 12.4 Å². The predicted molar refractivity (Wildman–Crippen MR) is 174 cm³/mol. The Bertz CT molecular complexity index is 1320. The third-order valence-electron chi connectivity index (χ3n) is 8.33. The van der Waals surface area contributed by atoms with Gasteiger partial charge in [-0.15, -0.1) is 0 Å². The van der Waals surface area contributed by atoms with Gasteiger partial charge in [0, 0.05) is 63.7 Å². The summed E-state index contributed by atoms with van der Waals surface area (Å²) < 4.78 is 5.34.